The van der Waals surface area contributed by atoms with Gasteiger partial charge in [0.2, 0.25) is 5.88 Å². The summed E-state index contributed by atoms with van der Waals surface area (Å²) in [5.41, 5.74) is 1.07. The van der Waals surface area contributed by atoms with Gasteiger partial charge in [0.05, 0.1) is 10.0 Å². The van der Waals surface area contributed by atoms with E-state index in [1.54, 1.807) is 31.5 Å². The molecule has 0 aliphatic rings. The Labute approximate surface area is 196 Å². The molecular formula is C18H18Br2N6O4S. The number of hydrogen-bond donors (Lipinski definition) is 2. The predicted molar refractivity (Wildman–Crippen MR) is 122 cm³/mol. The first-order valence-corrected chi connectivity index (χ1v) is 12.1. The number of hydrogen-bond acceptors (Lipinski definition) is 8. The molecule has 13 heteroatoms. The molecule has 0 spiro atoms. The van der Waals surface area contributed by atoms with Crippen LogP contribution in [0.15, 0.2) is 51.9 Å². The lowest BCUT2D eigenvalue weighted by atomic mass is 10.1. The number of nitrogens with one attached hydrogen (secondary N) is 2. The second kappa shape index (κ2) is 10.8. The van der Waals surface area contributed by atoms with Gasteiger partial charge in [-0.3, -0.25) is 4.72 Å². The van der Waals surface area contributed by atoms with Crippen LogP contribution in [-0.4, -0.2) is 48.1 Å². The van der Waals surface area contributed by atoms with Crippen LogP contribution in [0.1, 0.15) is 6.92 Å². The molecule has 2 N–H and O–H groups in total. The van der Waals surface area contributed by atoms with E-state index in [2.05, 4.69) is 61.2 Å². The van der Waals surface area contributed by atoms with E-state index in [1.807, 2.05) is 12.1 Å². The topological polar surface area (TPSA) is 128 Å². The second-order valence-electron chi connectivity index (χ2n) is 5.89. The minimum absolute atomic E-state index is 0.0884. The molecule has 0 aliphatic carbocycles. The third-order valence-corrected chi connectivity index (χ3v) is 5.73. The third kappa shape index (κ3) is 6.82. The maximum atomic E-state index is 12.2. The SMILES string of the molecule is CCNS(=O)(=O)Nc1ncnc(OCCOc2ncc(Br)cn2)c1-c1ccc(Br)cc1. The first-order valence-electron chi connectivity index (χ1n) is 8.99. The molecule has 10 nitrogen and oxygen atoms in total. The number of ether oxygens (including phenoxy) is 2. The Kier molecular flexibility index (Phi) is 8.12. The van der Waals surface area contributed by atoms with Crippen LogP contribution in [0.5, 0.6) is 11.9 Å². The molecule has 3 rings (SSSR count). The van der Waals surface area contributed by atoms with Gasteiger partial charge in [0.25, 0.3) is 10.2 Å². The number of nitrogens with zero attached hydrogens (tertiary/aromatic N) is 4. The van der Waals surface area contributed by atoms with Crippen molar-refractivity contribution in [2.75, 3.05) is 24.5 Å². The zero-order chi connectivity index (χ0) is 22.3. The number of aromatic nitrogens is 4. The lowest BCUT2D eigenvalue weighted by Crippen LogP contribution is -2.30. The molecule has 0 saturated heterocycles. The highest BCUT2D eigenvalue weighted by Gasteiger charge is 2.19. The summed E-state index contributed by atoms with van der Waals surface area (Å²) in [6, 6.07) is 7.45. The van der Waals surface area contributed by atoms with Crippen LogP contribution in [0.2, 0.25) is 0 Å². The van der Waals surface area contributed by atoms with E-state index in [-0.39, 0.29) is 37.5 Å². The van der Waals surface area contributed by atoms with E-state index in [9.17, 15) is 8.42 Å². The molecule has 0 radical (unpaired) electrons. The Balaban J connectivity index is 1.82. The molecule has 0 unspecified atom stereocenters. The van der Waals surface area contributed by atoms with Gasteiger partial charge in [-0.25, -0.2) is 19.9 Å². The molecule has 2 aromatic heterocycles. The van der Waals surface area contributed by atoms with Gasteiger partial charge in [-0.2, -0.15) is 13.1 Å². The molecular weight excluding hydrogens is 556 g/mol. The van der Waals surface area contributed by atoms with Crippen LogP contribution in [0, 0.1) is 0 Å². The quantitative estimate of drug-likeness (QED) is 0.354. The fraction of sp³-hybridized carbons (Fsp3) is 0.222. The van der Waals surface area contributed by atoms with Gasteiger partial charge >= 0.3 is 6.01 Å². The van der Waals surface area contributed by atoms with Crippen molar-refractivity contribution in [3.05, 3.63) is 51.9 Å². The highest BCUT2D eigenvalue weighted by molar-refractivity contribution is 9.10. The second-order valence-corrected chi connectivity index (χ2v) is 9.22. The van der Waals surface area contributed by atoms with E-state index in [0.29, 0.717) is 11.1 Å². The Morgan fingerprint density at radius 1 is 0.935 bits per heavy atom. The van der Waals surface area contributed by atoms with Gasteiger partial charge in [0.1, 0.15) is 19.5 Å². The van der Waals surface area contributed by atoms with Gasteiger partial charge in [0, 0.05) is 23.4 Å². The fourth-order valence-electron chi connectivity index (χ4n) is 2.43. The van der Waals surface area contributed by atoms with Crippen molar-refractivity contribution in [3.63, 3.8) is 0 Å². The lowest BCUT2D eigenvalue weighted by molar-refractivity contribution is 0.202. The molecule has 2 heterocycles. The van der Waals surface area contributed by atoms with E-state index in [0.717, 1.165) is 8.95 Å². The minimum atomic E-state index is -3.81. The van der Waals surface area contributed by atoms with Crippen molar-refractivity contribution in [1.82, 2.24) is 24.7 Å². The lowest BCUT2D eigenvalue weighted by Gasteiger charge is -2.15. The Hall–Kier alpha value is -2.35. The molecule has 0 aliphatic heterocycles. The van der Waals surface area contributed by atoms with E-state index < -0.39 is 10.2 Å². The average molecular weight is 574 g/mol. The first kappa shape index (κ1) is 23.3. The number of halogens is 2. The fourth-order valence-corrected chi connectivity index (χ4v) is 3.76. The predicted octanol–water partition coefficient (Wildman–Crippen LogP) is 3.18. The van der Waals surface area contributed by atoms with E-state index in [1.165, 1.54) is 6.33 Å². The van der Waals surface area contributed by atoms with Crippen molar-refractivity contribution >= 4 is 47.9 Å². The van der Waals surface area contributed by atoms with Crippen LogP contribution >= 0.6 is 31.9 Å². The third-order valence-electron chi connectivity index (χ3n) is 3.66. The molecule has 164 valence electrons. The van der Waals surface area contributed by atoms with Crippen molar-refractivity contribution < 1.29 is 17.9 Å². The van der Waals surface area contributed by atoms with Crippen LogP contribution < -0.4 is 18.9 Å². The van der Waals surface area contributed by atoms with Crippen LogP contribution in [0.3, 0.4) is 0 Å². The van der Waals surface area contributed by atoms with Gasteiger partial charge in [-0.1, -0.05) is 35.0 Å². The van der Waals surface area contributed by atoms with Crippen LogP contribution in [0.25, 0.3) is 11.1 Å². The smallest absolute Gasteiger partial charge is 0.316 e. The summed E-state index contributed by atoms with van der Waals surface area (Å²) in [4.78, 5) is 16.3. The maximum absolute atomic E-state index is 12.2. The Morgan fingerprint density at radius 2 is 1.61 bits per heavy atom. The first-order chi connectivity index (χ1) is 14.9. The zero-order valence-electron chi connectivity index (χ0n) is 16.2. The largest absolute Gasteiger partial charge is 0.473 e. The number of benzene rings is 1. The summed E-state index contributed by atoms with van der Waals surface area (Å²) < 4.78 is 42.1. The van der Waals surface area contributed by atoms with Crippen LogP contribution in [-0.2, 0) is 10.2 Å². The summed E-state index contributed by atoms with van der Waals surface area (Å²) >= 11 is 6.64. The van der Waals surface area contributed by atoms with Crippen molar-refractivity contribution in [2.24, 2.45) is 0 Å². The molecule has 0 atom stereocenters. The maximum Gasteiger partial charge on any atom is 0.316 e. The zero-order valence-corrected chi connectivity index (χ0v) is 20.2. The summed E-state index contributed by atoms with van der Waals surface area (Å²) in [5.74, 6) is 0.289. The standard InChI is InChI=1S/C18H18Br2N6O4S/c1-2-25-31(27,28)26-16-15(12-3-5-13(19)6-4-12)17(24-11-23-16)29-7-8-30-18-21-9-14(20)10-22-18/h3-6,9-11,25H,2,7-8H2,1H3,(H,23,24,26). The number of rotatable bonds is 10. The monoisotopic (exact) mass is 572 g/mol. The highest BCUT2D eigenvalue weighted by Crippen LogP contribution is 2.34. The summed E-state index contributed by atoms with van der Waals surface area (Å²) in [7, 11) is -3.81. The average Bonchev–Trinajstić information content (AvgIpc) is 2.73. The van der Waals surface area contributed by atoms with E-state index >= 15 is 0 Å². The molecule has 1 aromatic carbocycles. The van der Waals surface area contributed by atoms with Crippen molar-refractivity contribution in [3.8, 4) is 23.0 Å². The summed E-state index contributed by atoms with van der Waals surface area (Å²) in [5, 5.41) is 0. The summed E-state index contributed by atoms with van der Waals surface area (Å²) in [6.45, 7) is 2.19. The molecule has 3 aromatic rings. The Bertz CT molecular complexity index is 1110. The molecule has 0 fully saturated rings. The van der Waals surface area contributed by atoms with Gasteiger partial charge in [-0.05, 0) is 33.6 Å². The molecule has 0 bridgehead atoms. The van der Waals surface area contributed by atoms with Gasteiger partial charge in [0.15, 0.2) is 5.82 Å². The van der Waals surface area contributed by atoms with Gasteiger partial charge in [-0.15, -0.1) is 0 Å². The summed E-state index contributed by atoms with van der Waals surface area (Å²) in [6.07, 6.45) is 4.37. The van der Waals surface area contributed by atoms with Gasteiger partial charge < -0.3 is 9.47 Å². The molecule has 31 heavy (non-hydrogen) atoms. The van der Waals surface area contributed by atoms with Crippen molar-refractivity contribution in [1.29, 1.82) is 0 Å². The van der Waals surface area contributed by atoms with E-state index in [4.69, 9.17) is 9.47 Å². The van der Waals surface area contributed by atoms with Crippen molar-refractivity contribution in [2.45, 2.75) is 6.92 Å². The Morgan fingerprint density at radius 3 is 2.29 bits per heavy atom. The molecule has 0 amide bonds. The normalized spacial score (nSPS) is 11.2. The minimum Gasteiger partial charge on any atom is -0.473 e. The molecule has 0 saturated carbocycles. The number of anilines is 1. The highest BCUT2D eigenvalue weighted by atomic mass is 79.9. The van der Waals surface area contributed by atoms with Crippen LogP contribution in [0.4, 0.5) is 5.82 Å².